The van der Waals surface area contributed by atoms with Crippen LogP contribution in [-0.2, 0) is 0 Å². The molecule has 0 aliphatic heterocycles. The van der Waals surface area contributed by atoms with Crippen LogP contribution in [-0.4, -0.2) is 16.3 Å². The first kappa shape index (κ1) is 13.1. The summed E-state index contributed by atoms with van der Waals surface area (Å²) in [5.41, 5.74) is 1.30. The van der Waals surface area contributed by atoms with Crippen molar-refractivity contribution >= 4 is 11.6 Å². The summed E-state index contributed by atoms with van der Waals surface area (Å²) in [7, 11) is 0. The molecule has 0 bridgehead atoms. The minimum Gasteiger partial charge on any atom is -0.310 e. The summed E-state index contributed by atoms with van der Waals surface area (Å²) in [6, 6.07) is 4.87. The second kappa shape index (κ2) is 5.50. The molecule has 0 saturated carbocycles. The molecule has 1 unspecified atom stereocenters. The molecule has 5 heteroatoms. The van der Waals surface area contributed by atoms with Crippen molar-refractivity contribution in [1.82, 2.24) is 15.1 Å². The lowest BCUT2D eigenvalue weighted by Gasteiger charge is -2.17. The van der Waals surface area contributed by atoms with Crippen LogP contribution < -0.4 is 5.32 Å². The van der Waals surface area contributed by atoms with E-state index in [2.05, 4.69) is 10.4 Å². The molecule has 0 radical (unpaired) electrons. The van der Waals surface area contributed by atoms with Crippen molar-refractivity contribution in [3.05, 3.63) is 47.0 Å². The van der Waals surface area contributed by atoms with Gasteiger partial charge in [-0.25, -0.2) is 9.07 Å². The van der Waals surface area contributed by atoms with E-state index in [1.807, 2.05) is 19.9 Å². The highest BCUT2D eigenvalue weighted by Crippen LogP contribution is 2.25. The molecule has 0 amide bonds. The lowest BCUT2D eigenvalue weighted by molar-refractivity contribution is 0.536. The fourth-order valence-electron chi connectivity index (χ4n) is 1.99. The molecular weight excluding hydrogens is 253 g/mol. The smallest absolute Gasteiger partial charge is 0.130 e. The molecule has 2 aromatic rings. The molecule has 2 rings (SSSR count). The van der Waals surface area contributed by atoms with Gasteiger partial charge in [0.1, 0.15) is 5.82 Å². The van der Waals surface area contributed by atoms with Crippen molar-refractivity contribution in [1.29, 1.82) is 0 Å². The van der Waals surface area contributed by atoms with Gasteiger partial charge in [-0.2, -0.15) is 5.10 Å². The average Bonchev–Trinajstić information content (AvgIpc) is 2.75. The molecule has 1 heterocycles. The summed E-state index contributed by atoms with van der Waals surface area (Å²) >= 11 is 5.85. The Kier molecular flexibility index (Phi) is 3.99. The van der Waals surface area contributed by atoms with Gasteiger partial charge >= 0.3 is 0 Å². The standard InChI is InChI=1S/C13H15ClFN3/c1-3-16-9(2)13-11(15)5-4-6-12(13)18-8-10(14)7-17-18/h4-9,16H,3H2,1-2H3. The Morgan fingerprint density at radius 3 is 2.89 bits per heavy atom. The molecule has 1 N–H and O–H groups in total. The molecule has 0 aliphatic rings. The number of halogens is 2. The van der Waals surface area contributed by atoms with E-state index in [0.29, 0.717) is 16.3 Å². The zero-order valence-corrected chi connectivity index (χ0v) is 11.1. The number of rotatable bonds is 4. The average molecular weight is 268 g/mol. The highest BCUT2D eigenvalue weighted by Gasteiger charge is 2.16. The molecule has 0 fully saturated rings. The van der Waals surface area contributed by atoms with Crippen LogP contribution in [0.2, 0.25) is 5.02 Å². The normalized spacial score (nSPS) is 12.7. The lowest BCUT2D eigenvalue weighted by atomic mass is 10.1. The first-order chi connectivity index (χ1) is 8.63. The van der Waals surface area contributed by atoms with E-state index in [4.69, 9.17) is 11.6 Å². The van der Waals surface area contributed by atoms with Crippen molar-refractivity contribution in [3.63, 3.8) is 0 Å². The van der Waals surface area contributed by atoms with Crippen LogP contribution in [0.3, 0.4) is 0 Å². The maximum Gasteiger partial charge on any atom is 0.130 e. The Morgan fingerprint density at radius 2 is 2.28 bits per heavy atom. The van der Waals surface area contributed by atoms with Crippen molar-refractivity contribution in [3.8, 4) is 5.69 Å². The molecule has 0 aliphatic carbocycles. The molecule has 3 nitrogen and oxygen atoms in total. The van der Waals surface area contributed by atoms with E-state index >= 15 is 0 Å². The Bertz CT molecular complexity index is 539. The van der Waals surface area contributed by atoms with Gasteiger partial charge in [-0.05, 0) is 25.6 Å². The van der Waals surface area contributed by atoms with Gasteiger partial charge in [-0.1, -0.05) is 24.6 Å². The van der Waals surface area contributed by atoms with E-state index in [-0.39, 0.29) is 11.9 Å². The maximum absolute atomic E-state index is 14.0. The van der Waals surface area contributed by atoms with Gasteiger partial charge < -0.3 is 5.32 Å². The summed E-state index contributed by atoms with van der Waals surface area (Å²) in [5.74, 6) is -0.243. The third-order valence-electron chi connectivity index (χ3n) is 2.77. The van der Waals surface area contributed by atoms with Gasteiger partial charge in [0.05, 0.1) is 16.9 Å². The fraction of sp³-hybridized carbons (Fsp3) is 0.308. The predicted molar refractivity (Wildman–Crippen MR) is 70.6 cm³/mol. The van der Waals surface area contributed by atoms with Crippen molar-refractivity contribution in [2.45, 2.75) is 19.9 Å². The number of hydrogen-bond donors (Lipinski definition) is 1. The predicted octanol–water partition coefficient (Wildman–Crippen LogP) is 3.34. The van der Waals surface area contributed by atoms with Crippen LogP contribution in [0.15, 0.2) is 30.6 Å². The summed E-state index contributed by atoms with van der Waals surface area (Å²) < 4.78 is 15.6. The van der Waals surface area contributed by atoms with Crippen LogP contribution in [0.25, 0.3) is 5.69 Å². The van der Waals surface area contributed by atoms with Crippen molar-refractivity contribution < 1.29 is 4.39 Å². The van der Waals surface area contributed by atoms with Gasteiger partial charge in [0.15, 0.2) is 0 Å². The molecule has 1 atom stereocenters. The third-order valence-corrected chi connectivity index (χ3v) is 2.97. The first-order valence-corrected chi connectivity index (χ1v) is 6.23. The van der Waals surface area contributed by atoms with Gasteiger partial charge in [0, 0.05) is 17.8 Å². The van der Waals surface area contributed by atoms with E-state index < -0.39 is 0 Å². The Labute approximate surface area is 111 Å². The number of benzene rings is 1. The molecule has 0 spiro atoms. The van der Waals surface area contributed by atoms with Crippen molar-refractivity contribution in [2.24, 2.45) is 0 Å². The van der Waals surface area contributed by atoms with E-state index in [9.17, 15) is 4.39 Å². The monoisotopic (exact) mass is 267 g/mol. The van der Waals surface area contributed by atoms with Crippen LogP contribution >= 0.6 is 11.6 Å². The molecule has 0 saturated heterocycles. The number of hydrogen-bond acceptors (Lipinski definition) is 2. The van der Waals surface area contributed by atoms with Crippen LogP contribution in [0.1, 0.15) is 25.5 Å². The fourth-order valence-corrected chi connectivity index (χ4v) is 2.13. The van der Waals surface area contributed by atoms with E-state index in [1.54, 1.807) is 16.9 Å². The molecule has 1 aromatic heterocycles. The molecule has 96 valence electrons. The van der Waals surface area contributed by atoms with E-state index in [0.717, 1.165) is 6.54 Å². The Balaban J connectivity index is 2.50. The summed E-state index contributed by atoms with van der Waals surface area (Å²) in [4.78, 5) is 0. The SMILES string of the molecule is CCNC(C)c1c(F)cccc1-n1cc(Cl)cn1. The van der Waals surface area contributed by atoms with Crippen LogP contribution in [0.5, 0.6) is 0 Å². The van der Waals surface area contributed by atoms with Gasteiger partial charge in [0.25, 0.3) is 0 Å². The second-order valence-corrected chi connectivity index (χ2v) is 4.49. The summed E-state index contributed by atoms with van der Waals surface area (Å²) in [6.07, 6.45) is 3.20. The molecular formula is C13H15ClFN3. The maximum atomic E-state index is 14.0. The lowest BCUT2D eigenvalue weighted by Crippen LogP contribution is -2.20. The van der Waals surface area contributed by atoms with E-state index in [1.165, 1.54) is 12.3 Å². The van der Waals surface area contributed by atoms with Crippen LogP contribution in [0, 0.1) is 5.82 Å². The zero-order chi connectivity index (χ0) is 13.1. The third kappa shape index (κ3) is 2.54. The van der Waals surface area contributed by atoms with Crippen LogP contribution in [0.4, 0.5) is 4.39 Å². The minimum atomic E-state index is -0.243. The topological polar surface area (TPSA) is 29.9 Å². The number of nitrogens with zero attached hydrogens (tertiary/aromatic N) is 2. The van der Waals surface area contributed by atoms with Crippen molar-refractivity contribution in [2.75, 3.05) is 6.54 Å². The van der Waals surface area contributed by atoms with Gasteiger partial charge in [-0.3, -0.25) is 0 Å². The second-order valence-electron chi connectivity index (χ2n) is 4.06. The Hall–Kier alpha value is -1.39. The molecule has 18 heavy (non-hydrogen) atoms. The largest absolute Gasteiger partial charge is 0.310 e. The number of nitrogens with one attached hydrogen (secondary N) is 1. The quantitative estimate of drug-likeness (QED) is 0.921. The molecule has 1 aromatic carbocycles. The minimum absolute atomic E-state index is 0.0887. The summed E-state index contributed by atoms with van der Waals surface area (Å²) in [6.45, 7) is 4.69. The van der Waals surface area contributed by atoms with Gasteiger partial charge in [0.2, 0.25) is 0 Å². The number of aromatic nitrogens is 2. The highest BCUT2D eigenvalue weighted by atomic mass is 35.5. The van der Waals surface area contributed by atoms with Gasteiger partial charge in [-0.15, -0.1) is 0 Å². The highest BCUT2D eigenvalue weighted by molar-refractivity contribution is 6.30. The first-order valence-electron chi connectivity index (χ1n) is 5.85. The zero-order valence-electron chi connectivity index (χ0n) is 10.3. The Morgan fingerprint density at radius 1 is 1.50 bits per heavy atom. The summed E-state index contributed by atoms with van der Waals surface area (Å²) in [5, 5.41) is 7.86.